The van der Waals surface area contributed by atoms with Crippen LogP contribution in [0.2, 0.25) is 0 Å². The zero-order chi connectivity index (χ0) is 14.5. The minimum absolute atomic E-state index is 0.156. The van der Waals surface area contributed by atoms with Crippen LogP contribution in [0, 0.1) is 0 Å². The molecular weight excluding hydrogens is 254 g/mol. The molecule has 0 bridgehead atoms. The molecule has 0 aliphatic heterocycles. The number of anilines is 3. The number of hydroxylamine groups is 1. The SMILES string of the molecule is CCON(Cc1cc(N)ccc1N)c1ccccc1O. The van der Waals surface area contributed by atoms with Crippen molar-refractivity contribution in [1.29, 1.82) is 0 Å². The van der Waals surface area contributed by atoms with Gasteiger partial charge in [-0.25, -0.2) is 5.06 Å². The van der Waals surface area contributed by atoms with Gasteiger partial charge in [-0.2, -0.15) is 0 Å². The Morgan fingerprint density at radius 2 is 1.90 bits per heavy atom. The first-order chi connectivity index (χ1) is 9.61. The highest BCUT2D eigenvalue weighted by molar-refractivity contribution is 5.59. The predicted molar refractivity (Wildman–Crippen MR) is 81.2 cm³/mol. The standard InChI is InChI=1S/C15H19N3O2/c1-2-20-18(14-5-3-4-6-15(14)19)10-11-9-12(16)7-8-13(11)17/h3-9,19H,2,10,16-17H2,1H3. The Labute approximate surface area is 118 Å². The average Bonchev–Trinajstić information content (AvgIpc) is 2.43. The Morgan fingerprint density at radius 1 is 1.15 bits per heavy atom. The first-order valence-corrected chi connectivity index (χ1v) is 6.44. The lowest BCUT2D eigenvalue weighted by Crippen LogP contribution is -2.23. The van der Waals surface area contributed by atoms with E-state index in [2.05, 4.69) is 0 Å². The number of phenols is 1. The first-order valence-electron chi connectivity index (χ1n) is 6.44. The summed E-state index contributed by atoms with van der Waals surface area (Å²) in [6, 6.07) is 12.3. The molecule has 2 rings (SSSR count). The predicted octanol–water partition coefficient (Wildman–Crippen LogP) is 2.51. The summed E-state index contributed by atoms with van der Waals surface area (Å²) in [6.07, 6.45) is 0. The lowest BCUT2D eigenvalue weighted by atomic mass is 10.1. The lowest BCUT2D eigenvalue weighted by molar-refractivity contribution is 0.115. The van der Waals surface area contributed by atoms with Crippen LogP contribution in [0.15, 0.2) is 42.5 Å². The van der Waals surface area contributed by atoms with Crippen LogP contribution in [-0.2, 0) is 11.4 Å². The highest BCUT2D eigenvalue weighted by atomic mass is 16.7. The second-order valence-electron chi connectivity index (χ2n) is 4.40. The van der Waals surface area contributed by atoms with E-state index >= 15 is 0 Å². The van der Waals surface area contributed by atoms with Gasteiger partial charge in [0.05, 0.1) is 13.2 Å². The van der Waals surface area contributed by atoms with E-state index in [1.807, 2.05) is 13.0 Å². The molecule has 0 fully saturated rings. The molecule has 0 aliphatic carbocycles. The molecule has 0 heterocycles. The van der Waals surface area contributed by atoms with Crippen molar-refractivity contribution in [3.8, 4) is 5.75 Å². The van der Waals surface area contributed by atoms with Crippen molar-refractivity contribution >= 4 is 17.1 Å². The van der Waals surface area contributed by atoms with Gasteiger partial charge in [0.2, 0.25) is 0 Å². The number of aromatic hydroxyl groups is 1. The molecule has 0 aliphatic rings. The number of rotatable bonds is 5. The number of para-hydroxylation sites is 2. The number of nitrogens with two attached hydrogens (primary N) is 2. The van der Waals surface area contributed by atoms with Crippen molar-refractivity contribution < 1.29 is 9.94 Å². The van der Waals surface area contributed by atoms with Crippen LogP contribution in [0.1, 0.15) is 12.5 Å². The summed E-state index contributed by atoms with van der Waals surface area (Å²) in [4.78, 5) is 5.58. The summed E-state index contributed by atoms with van der Waals surface area (Å²) in [7, 11) is 0. The Bertz CT molecular complexity index is 587. The van der Waals surface area contributed by atoms with Gasteiger partial charge in [0.1, 0.15) is 11.4 Å². The van der Waals surface area contributed by atoms with Crippen LogP contribution in [0.4, 0.5) is 17.1 Å². The van der Waals surface area contributed by atoms with Crippen LogP contribution in [0.5, 0.6) is 5.75 Å². The Hall–Kier alpha value is -2.40. The Kier molecular flexibility index (Phi) is 4.32. The van der Waals surface area contributed by atoms with Gasteiger partial charge in [-0.05, 0) is 42.8 Å². The molecule has 0 aromatic heterocycles. The van der Waals surface area contributed by atoms with Gasteiger partial charge in [0.15, 0.2) is 0 Å². The van der Waals surface area contributed by atoms with E-state index in [0.717, 1.165) is 5.56 Å². The van der Waals surface area contributed by atoms with Crippen LogP contribution in [0.25, 0.3) is 0 Å². The molecule has 0 spiro atoms. The van der Waals surface area contributed by atoms with Gasteiger partial charge < -0.3 is 16.6 Å². The quantitative estimate of drug-likeness (QED) is 0.576. The summed E-state index contributed by atoms with van der Waals surface area (Å²) in [5, 5.41) is 11.5. The molecule has 0 atom stereocenters. The van der Waals surface area contributed by atoms with Gasteiger partial charge in [0.25, 0.3) is 0 Å². The van der Waals surface area contributed by atoms with Gasteiger partial charge in [-0.1, -0.05) is 12.1 Å². The van der Waals surface area contributed by atoms with Crippen LogP contribution >= 0.6 is 0 Å². The van der Waals surface area contributed by atoms with Crippen LogP contribution < -0.4 is 16.5 Å². The molecule has 5 nitrogen and oxygen atoms in total. The summed E-state index contributed by atoms with van der Waals surface area (Å²) >= 11 is 0. The third kappa shape index (κ3) is 3.13. The number of phenolic OH excluding ortho intramolecular Hbond substituents is 1. The molecule has 0 saturated carbocycles. The topological polar surface area (TPSA) is 84.7 Å². The number of hydrogen-bond acceptors (Lipinski definition) is 5. The number of hydrogen-bond donors (Lipinski definition) is 3. The summed E-state index contributed by atoms with van der Waals surface area (Å²) in [5.41, 5.74) is 14.5. The zero-order valence-corrected chi connectivity index (χ0v) is 11.4. The van der Waals surface area contributed by atoms with Crippen molar-refractivity contribution in [3.05, 3.63) is 48.0 Å². The summed E-state index contributed by atoms with van der Waals surface area (Å²) in [6.45, 7) is 2.77. The number of nitrogens with zero attached hydrogens (tertiary/aromatic N) is 1. The third-order valence-corrected chi connectivity index (χ3v) is 2.92. The lowest BCUT2D eigenvalue weighted by Gasteiger charge is -2.24. The van der Waals surface area contributed by atoms with Gasteiger partial charge in [0, 0.05) is 11.4 Å². The fourth-order valence-electron chi connectivity index (χ4n) is 1.95. The monoisotopic (exact) mass is 273 g/mol. The van der Waals surface area contributed by atoms with E-state index in [9.17, 15) is 5.11 Å². The molecule has 0 unspecified atom stereocenters. The number of nitrogen functional groups attached to an aromatic ring is 2. The smallest absolute Gasteiger partial charge is 0.141 e. The molecule has 20 heavy (non-hydrogen) atoms. The molecule has 0 amide bonds. The minimum atomic E-state index is 0.156. The van der Waals surface area contributed by atoms with Crippen molar-refractivity contribution in [2.24, 2.45) is 0 Å². The van der Waals surface area contributed by atoms with E-state index in [4.69, 9.17) is 16.3 Å². The van der Waals surface area contributed by atoms with E-state index in [-0.39, 0.29) is 5.75 Å². The second kappa shape index (κ2) is 6.16. The molecular formula is C15H19N3O2. The van der Waals surface area contributed by atoms with E-state index in [1.54, 1.807) is 41.5 Å². The first kappa shape index (κ1) is 14.0. The van der Waals surface area contributed by atoms with Gasteiger partial charge >= 0.3 is 0 Å². The molecule has 5 heteroatoms. The minimum Gasteiger partial charge on any atom is -0.506 e. The molecule has 0 saturated heterocycles. The fraction of sp³-hybridized carbons (Fsp3) is 0.200. The zero-order valence-electron chi connectivity index (χ0n) is 11.4. The molecule has 5 N–H and O–H groups in total. The maximum Gasteiger partial charge on any atom is 0.141 e. The second-order valence-corrected chi connectivity index (χ2v) is 4.40. The Balaban J connectivity index is 2.30. The highest BCUT2D eigenvalue weighted by Crippen LogP contribution is 2.29. The average molecular weight is 273 g/mol. The van der Waals surface area contributed by atoms with Gasteiger partial charge in [-0.3, -0.25) is 4.84 Å². The largest absolute Gasteiger partial charge is 0.506 e. The normalized spacial score (nSPS) is 10.4. The third-order valence-electron chi connectivity index (χ3n) is 2.92. The van der Waals surface area contributed by atoms with Crippen molar-refractivity contribution in [2.45, 2.75) is 13.5 Å². The van der Waals surface area contributed by atoms with E-state index in [1.165, 1.54) is 0 Å². The van der Waals surface area contributed by atoms with Crippen molar-refractivity contribution in [1.82, 2.24) is 0 Å². The van der Waals surface area contributed by atoms with Crippen molar-refractivity contribution in [2.75, 3.05) is 23.1 Å². The van der Waals surface area contributed by atoms with E-state index in [0.29, 0.717) is 30.2 Å². The molecule has 2 aromatic carbocycles. The maximum atomic E-state index is 9.93. The molecule has 106 valence electrons. The number of benzene rings is 2. The maximum absolute atomic E-state index is 9.93. The molecule has 0 radical (unpaired) electrons. The van der Waals surface area contributed by atoms with Gasteiger partial charge in [-0.15, -0.1) is 0 Å². The van der Waals surface area contributed by atoms with Crippen molar-refractivity contribution in [3.63, 3.8) is 0 Å². The Morgan fingerprint density at radius 3 is 2.60 bits per heavy atom. The summed E-state index contributed by atoms with van der Waals surface area (Å²) < 4.78 is 0. The highest BCUT2D eigenvalue weighted by Gasteiger charge is 2.13. The van der Waals surface area contributed by atoms with Crippen LogP contribution in [-0.4, -0.2) is 11.7 Å². The summed E-state index contributed by atoms with van der Waals surface area (Å²) in [5.74, 6) is 0.156. The van der Waals surface area contributed by atoms with E-state index < -0.39 is 0 Å². The molecule has 2 aromatic rings. The fourth-order valence-corrected chi connectivity index (χ4v) is 1.95. The van der Waals surface area contributed by atoms with Crippen LogP contribution in [0.3, 0.4) is 0 Å².